The maximum Gasteiger partial charge on any atom is 0.0777 e. The minimum absolute atomic E-state index is 0.750. The second-order valence-electron chi connectivity index (χ2n) is 3.01. The molecule has 0 saturated heterocycles. The molecule has 0 aliphatic heterocycles. The third-order valence-corrected chi connectivity index (χ3v) is 0.894. The van der Waals surface area contributed by atoms with Crippen molar-refractivity contribution in [3.8, 4) is 0 Å². The van der Waals surface area contributed by atoms with Crippen molar-refractivity contribution in [1.29, 1.82) is 0 Å². The maximum atomic E-state index is 8.25. The Bertz CT molecular complexity index is 47.4. The summed E-state index contributed by atoms with van der Waals surface area (Å²) in [5, 5.41) is 8.25. The highest BCUT2D eigenvalue weighted by Crippen LogP contribution is 1.90. The summed E-state index contributed by atoms with van der Waals surface area (Å²) in [4.78, 5) is 0. The number of hydrogen-bond acceptors (Lipinski definition) is 1. The maximum absolute atomic E-state index is 8.25. The first-order valence-corrected chi connectivity index (χ1v) is 3.27. The van der Waals surface area contributed by atoms with Crippen LogP contribution in [0.3, 0.4) is 0 Å². The van der Waals surface area contributed by atoms with Gasteiger partial charge in [0, 0.05) is 0 Å². The molecule has 58 valence electrons. The topological polar surface area (TPSA) is 23.1 Å². The molecule has 0 fully saturated rings. The van der Waals surface area contributed by atoms with E-state index in [-0.39, 0.29) is 0 Å². The average Bonchev–Trinajstić information content (AvgIpc) is 1.69. The second-order valence-corrected chi connectivity index (χ2v) is 3.01. The lowest BCUT2D eigenvalue weighted by molar-refractivity contribution is -0.870. The summed E-state index contributed by atoms with van der Waals surface area (Å²) < 4.78 is 1.09. The third kappa shape index (κ3) is 18.1. The summed E-state index contributed by atoms with van der Waals surface area (Å²) in [6, 6.07) is 0. The predicted octanol–water partition coefficient (Wildman–Crippen LogP) is 0.0791. The van der Waals surface area contributed by atoms with Crippen molar-refractivity contribution < 1.29 is 9.59 Å². The molecule has 0 aliphatic carbocycles. The molecule has 0 atom stereocenters. The zero-order chi connectivity index (χ0) is 7.91. The smallest absolute Gasteiger partial charge is 0.0777 e. The summed E-state index contributed by atoms with van der Waals surface area (Å²) >= 11 is 0. The Labute approximate surface area is 58.7 Å². The molecule has 0 aromatic heterocycles. The zero-order valence-corrected chi connectivity index (χ0v) is 7.27. The highest BCUT2D eigenvalue weighted by atomic mass is 16.2. The van der Waals surface area contributed by atoms with Crippen molar-refractivity contribution in [2.45, 2.75) is 13.3 Å². The van der Waals surface area contributed by atoms with Crippen LogP contribution in [0.25, 0.3) is 0 Å². The lowest BCUT2D eigenvalue weighted by atomic mass is 10.4. The van der Waals surface area contributed by atoms with Gasteiger partial charge < -0.3 is 9.59 Å². The van der Waals surface area contributed by atoms with Gasteiger partial charge in [-0.1, -0.05) is 6.92 Å². The number of hydrogen-bond donors (Lipinski definition) is 0. The van der Waals surface area contributed by atoms with Crippen LogP contribution in [-0.2, 0) is 0 Å². The summed E-state index contributed by atoms with van der Waals surface area (Å²) in [5.41, 5.74) is 0. The Morgan fingerprint density at radius 2 is 1.44 bits per heavy atom. The van der Waals surface area contributed by atoms with Gasteiger partial charge >= 0.3 is 0 Å². The first-order chi connectivity index (χ1) is 4.06. The quantitative estimate of drug-likeness (QED) is 0.489. The first kappa shape index (κ1) is 11.7. The zero-order valence-electron chi connectivity index (χ0n) is 7.27. The molecule has 0 aromatic carbocycles. The van der Waals surface area contributed by atoms with Crippen LogP contribution in [0, 0.1) is 0 Å². The van der Waals surface area contributed by atoms with Crippen molar-refractivity contribution in [2.24, 2.45) is 0 Å². The molecule has 0 bridgehead atoms. The van der Waals surface area contributed by atoms with Crippen molar-refractivity contribution in [3.63, 3.8) is 0 Å². The molecule has 2 nitrogen and oxygen atoms in total. The number of rotatable bonds is 2. The summed E-state index contributed by atoms with van der Waals surface area (Å²) in [5.74, 6) is 0. The van der Waals surface area contributed by atoms with E-state index in [1.54, 1.807) is 0 Å². The normalized spacial score (nSPS) is 10.0. The Balaban J connectivity index is 0. The van der Waals surface area contributed by atoms with Gasteiger partial charge in [0.2, 0.25) is 0 Å². The molecule has 0 spiro atoms. The minimum Gasteiger partial charge on any atom is -0.857 e. The monoisotopic (exact) mass is 133 g/mol. The van der Waals surface area contributed by atoms with E-state index in [9.17, 15) is 0 Å². The van der Waals surface area contributed by atoms with E-state index in [2.05, 4.69) is 28.1 Å². The molecule has 0 aromatic rings. The van der Waals surface area contributed by atoms with Gasteiger partial charge in [-0.3, -0.25) is 0 Å². The van der Waals surface area contributed by atoms with Gasteiger partial charge in [0.05, 0.1) is 27.7 Å². The fraction of sp³-hybridized carbons (Fsp3) is 1.00. The highest BCUT2D eigenvalue weighted by Gasteiger charge is 2.01. The van der Waals surface area contributed by atoms with Crippen LogP contribution >= 0.6 is 0 Å². The van der Waals surface area contributed by atoms with E-state index in [1.165, 1.54) is 13.0 Å². The van der Waals surface area contributed by atoms with Gasteiger partial charge in [0.1, 0.15) is 0 Å². The van der Waals surface area contributed by atoms with Crippen molar-refractivity contribution >= 4 is 0 Å². The van der Waals surface area contributed by atoms with E-state index in [0.29, 0.717) is 0 Å². The van der Waals surface area contributed by atoms with Crippen LogP contribution < -0.4 is 5.11 Å². The molecule has 0 radical (unpaired) electrons. The first-order valence-electron chi connectivity index (χ1n) is 3.27. The lowest BCUT2D eigenvalue weighted by Gasteiger charge is -2.22. The fourth-order valence-corrected chi connectivity index (χ4v) is 0.671. The highest BCUT2D eigenvalue weighted by molar-refractivity contribution is 4.20. The van der Waals surface area contributed by atoms with E-state index < -0.39 is 0 Å². The van der Waals surface area contributed by atoms with Gasteiger partial charge in [-0.05, 0) is 6.42 Å². The van der Waals surface area contributed by atoms with Gasteiger partial charge in [-0.15, -0.1) is 0 Å². The Hall–Kier alpha value is -0.0800. The standard InChI is InChI=1S/C6H16N.CH3O/c1-5-6-7(2,3)4;1-2/h5-6H2,1-4H3;1H3/q+1;-1. The van der Waals surface area contributed by atoms with Crippen molar-refractivity contribution in [1.82, 2.24) is 0 Å². The second kappa shape index (κ2) is 6.05. The van der Waals surface area contributed by atoms with E-state index in [0.717, 1.165) is 11.6 Å². The Kier molecular flexibility index (Phi) is 7.85. The molecule has 0 rings (SSSR count). The van der Waals surface area contributed by atoms with E-state index in [4.69, 9.17) is 5.11 Å². The van der Waals surface area contributed by atoms with Crippen LogP contribution in [0.1, 0.15) is 13.3 Å². The lowest BCUT2D eigenvalue weighted by Crippen LogP contribution is -2.34. The molecule has 0 saturated carbocycles. The molecule has 9 heavy (non-hydrogen) atoms. The van der Waals surface area contributed by atoms with Crippen molar-refractivity contribution in [3.05, 3.63) is 0 Å². The number of nitrogens with zero attached hydrogens (tertiary/aromatic N) is 1. The van der Waals surface area contributed by atoms with Gasteiger partial charge in [-0.2, -0.15) is 7.11 Å². The molecule has 0 aliphatic rings. The van der Waals surface area contributed by atoms with E-state index >= 15 is 0 Å². The molecular weight excluding hydrogens is 114 g/mol. The van der Waals surface area contributed by atoms with Gasteiger partial charge in [0.25, 0.3) is 0 Å². The van der Waals surface area contributed by atoms with Crippen LogP contribution in [0.2, 0.25) is 0 Å². The Morgan fingerprint density at radius 1 is 1.11 bits per heavy atom. The van der Waals surface area contributed by atoms with Gasteiger partial charge in [0.15, 0.2) is 0 Å². The van der Waals surface area contributed by atoms with Crippen LogP contribution in [-0.4, -0.2) is 39.3 Å². The van der Waals surface area contributed by atoms with E-state index in [1.807, 2.05) is 0 Å². The molecule has 0 amide bonds. The summed E-state index contributed by atoms with van der Waals surface area (Å²) in [6.07, 6.45) is 1.28. The number of quaternary nitrogens is 1. The summed E-state index contributed by atoms with van der Waals surface area (Å²) in [6.45, 7) is 3.49. The van der Waals surface area contributed by atoms with Crippen LogP contribution in [0.4, 0.5) is 0 Å². The fourth-order valence-electron chi connectivity index (χ4n) is 0.671. The molecular formula is C7H19NO. The molecule has 0 unspecified atom stereocenters. The minimum atomic E-state index is 0.750. The molecule has 0 N–H and O–H groups in total. The third-order valence-electron chi connectivity index (χ3n) is 0.894. The molecule has 2 heteroatoms. The Morgan fingerprint density at radius 3 is 1.44 bits per heavy atom. The average molecular weight is 133 g/mol. The van der Waals surface area contributed by atoms with Gasteiger partial charge in [-0.25, -0.2) is 0 Å². The SMILES string of the molecule is CCC[N+](C)(C)C.C[O-]. The van der Waals surface area contributed by atoms with Crippen LogP contribution in [0.15, 0.2) is 0 Å². The van der Waals surface area contributed by atoms with Crippen molar-refractivity contribution in [2.75, 3.05) is 34.8 Å². The van der Waals surface area contributed by atoms with Crippen LogP contribution in [0.5, 0.6) is 0 Å². The predicted molar refractivity (Wildman–Crippen MR) is 39.1 cm³/mol. The summed E-state index contributed by atoms with van der Waals surface area (Å²) in [7, 11) is 7.39. The molecule has 0 heterocycles. The largest absolute Gasteiger partial charge is 0.857 e.